The van der Waals surface area contributed by atoms with Crippen molar-refractivity contribution in [3.8, 4) is 11.5 Å². The summed E-state index contributed by atoms with van der Waals surface area (Å²) in [6.07, 6.45) is 0. The Bertz CT molecular complexity index is 823. The average molecular weight is 401 g/mol. The summed E-state index contributed by atoms with van der Waals surface area (Å²) in [5, 5.41) is 0.0219. The van der Waals surface area contributed by atoms with Crippen molar-refractivity contribution in [2.75, 3.05) is 46.3 Å². The second-order valence-electron chi connectivity index (χ2n) is 7.23. The molecule has 5 nitrogen and oxygen atoms in total. The van der Waals surface area contributed by atoms with Crippen LogP contribution < -0.4 is 14.4 Å². The number of amides is 1. The molecule has 28 heavy (non-hydrogen) atoms. The van der Waals surface area contributed by atoms with Crippen molar-refractivity contribution in [2.45, 2.75) is 17.1 Å². The van der Waals surface area contributed by atoms with E-state index in [1.807, 2.05) is 56.3 Å². The zero-order chi connectivity index (χ0) is 20.3. The number of thioether (sulfide) groups is 1. The zero-order valence-electron chi connectivity index (χ0n) is 17.1. The second kappa shape index (κ2) is 8.88. The lowest BCUT2D eigenvalue weighted by Gasteiger charge is -2.27. The van der Waals surface area contributed by atoms with Crippen molar-refractivity contribution in [1.29, 1.82) is 0 Å². The number of anilines is 1. The van der Waals surface area contributed by atoms with Gasteiger partial charge in [-0.25, -0.2) is 0 Å². The molecule has 0 fully saturated rings. The summed E-state index contributed by atoms with van der Waals surface area (Å²) in [6.45, 7) is 3.49. The van der Waals surface area contributed by atoms with Gasteiger partial charge in [-0.15, -0.1) is 11.8 Å². The second-order valence-corrected chi connectivity index (χ2v) is 8.41. The Morgan fingerprint density at radius 3 is 2.29 bits per heavy atom. The molecule has 2 atom stereocenters. The van der Waals surface area contributed by atoms with Crippen LogP contribution in [0.5, 0.6) is 11.5 Å². The first kappa shape index (κ1) is 20.6. The minimum Gasteiger partial charge on any atom is -0.497 e. The molecular weight excluding hydrogens is 372 g/mol. The maximum absolute atomic E-state index is 13.4. The van der Waals surface area contributed by atoms with Crippen molar-refractivity contribution in [3.05, 3.63) is 48.0 Å². The van der Waals surface area contributed by atoms with E-state index in [1.165, 1.54) is 0 Å². The normalized spacial score (nSPS) is 19.4. The summed E-state index contributed by atoms with van der Waals surface area (Å²) in [5.41, 5.74) is 2.08. The topological polar surface area (TPSA) is 42.0 Å². The van der Waals surface area contributed by atoms with E-state index in [9.17, 15) is 4.79 Å². The predicted molar refractivity (Wildman–Crippen MR) is 115 cm³/mol. The van der Waals surface area contributed by atoms with E-state index >= 15 is 0 Å². The van der Waals surface area contributed by atoms with E-state index in [1.54, 1.807) is 26.0 Å². The number of carbonyl (C=O) groups excluding carboxylic acids is 1. The largest absolute Gasteiger partial charge is 0.497 e. The fourth-order valence-electron chi connectivity index (χ4n) is 3.35. The third-order valence-corrected chi connectivity index (χ3v) is 6.55. The van der Waals surface area contributed by atoms with Crippen molar-refractivity contribution < 1.29 is 14.3 Å². The molecule has 0 saturated carbocycles. The summed E-state index contributed by atoms with van der Waals surface area (Å²) >= 11 is 1.73. The summed E-state index contributed by atoms with van der Waals surface area (Å²) in [5.74, 6) is 1.61. The third-order valence-electron chi connectivity index (χ3n) is 5.04. The Hall–Kier alpha value is -2.18. The quantitative estimate of drug-likeness (QED) is 0.731. The molecule has 1 amide bonds. The fourth-order valence-corrected chi connectivity index (χ4v) is 4.72. The van der Waals surface area contributed by atoms with Gasteiger partial charge in [0.2, 0.25) is 5.91 Å². The summed E-state index contributed by atoms with van der Waals surface area (Å²) in [4.78, 5) is 18.5. The number of benzene rings is 2. The van der Waals surface area contributed by atoms with E-state index in [0.29, 0.717) is 6.54 Å². The van der Waals surface area contributed by atoms with Gasteiger partial charge in [-0.05, 0) is 50.0 Å². The van der Waals surface area contributed by atoms with E-state index in [2.05, 4.69) is 17.0 Å². The molecule has 0 unspecified atom stereocenters. The first-order chi connectivity index (χ1) is 13.4. The Kier molecular flexibility index (Phi) is 6.52. The van der Waals surface area contributed by atoms with Crippen LogP contribution in [0.25, 0.3) is 0 Å². The van der Waals surface area contributed by atoms with Crippen LogP contribution in [0.1, 0.15) is 17.7 Å². The number of hydrogen-bond donors (Lipinski definition) is 0. The van der Waals surface area contributed by atoms with Crippen LogP contribution in [0.2, 0.25) is 0 Å². The lowest BCUT2D eigenvalue weighted by atomic mass is 9.98. The molecule has 0 saturated heterocycles. The highest BCUT2D eigenvalue weighted by Gasteiger charge is 2.35. The van der Waals surface area contributed by atoms with Gasteiger partial charge in [0.25, 0.3) is 0 Å². The Morgan fingerprint density at radius 1 is 1.04 bits per heavy atom. The van der Waals surface area contributed by atoms with Gasteiger partial charge in [-0.3, -0.25) is 4.79 Å². The van der Waals surface area contributed by atoms with Gasteiger partial charge < -0.3 is 19.3 Å². The standard InChI is InChI=1S/C22H28N2O3S/c1-15-21(16-6-8-17(26-4)9-7-16)28-20-14-18(27-5)10-11-19(20)24(22(15)25)13-12-23(2)3/h6-11,14-15,21H,12-13H2,1-5H3/t15-,21-/m1/s1. The summed E-state index contributed by atoms with van der Waals surface area (Å²) < 4.78 is 10.7. The number of nitrogens with zero attached hydrogens (tertiary/aromatic N) is 2. The SMILES string of the molecule is COc1ccc([C@@H]2Sc3cc(OC)ccc3N(CCN(C)C)C(=O)[C@@H]2C)cc1. The number of hydrogen-bond acceptors (Lipinski definition) is 5. The Labute approximate surface area is 171 Å². The van der Waals surface area contributed by atoms with Crippen LogP contribution in [-0.2, 0) is 4.79 Å². The van der Waals surface area contributed by atoms with Gasteiger partial charge in [0, 0.05) is 23.2 Å². The van der Waals surface area contributed by atoms with Crippen LogP contribution in [0.15, 0.2) is 47.4 Å². The molecule has 0 aliphatic carbocycles. The molecule has 150 valence electrons. The number of methoxy groups -OCH3 is 2. The minimum atomic E-state index is -0.154. The maximum atomic E-state index is 13.4. The van der Waals surface area contributed by atoms with Gasteiger partial charge in [-0.1, -0.05) is 19.1 Å². The number of rotatable bonds is 6. The highest BCUT2D eigenvalue weighted by Crippen LogP contribution is 2.49. The Morgan fingerprint density at radius 2 is 1.68 bits per heavy atom. The van der Waals surface area contributed by atoms with Crippen LogP contribution in [-0.4, -0.2) is 52.2 Å². The molecule has 0 radical (unpaired) electrons. The van der Waals surface area contributed by atoms with Gasteiger partial charge >= 0.3 is 0 Å². The zero-order valence-corrected chi connectivity index (χ0v) is 18.0. The number of ether oxygens (including phenoxy) is 2. The molecule has 6 heteroatoms. The number of likely N-dealkylation sites (N-methyl/N-ethyl adjacent to an activating group) is 1. The third kappa shape index (κ3) is 4.28. The number of carbonyl (C=O) groups is 1. The molecular formula is C22H28N2O3S. The highest BCUT2D eigenvalue weighted by atomic mass is 32.2. The van der Waals surface area contributed by atoms with Gasteiger partial charge in [0.15, 0.2) is 0 Å². The predicted octanol–water partition coefficient (Wildman–Crippen LogP) is 4.08. The lowest BCUT2D eigenvalue weighted by molar-refractivity contribution is -0.121. The van der Waals surface area contributed by atoms with E-state index < -0.39 is 0 Å². The minimum absolute atomic E-state index is 0.0219. The van der Waals surface area contributed by atoms with Crippen LogP contribution >= 0.6 is 11.8 Å². The van der Waals surface area contributed by atoms with E-state index in [-0.39, 0.29) is 17.1 Å². The Balaban J connectivity index is 2.02. The molecule has 0 N–H and O–H groups in total. The molecule has 1 heterocycles. The van der Waals surface area contributed by atoms with Crippen molar-refractivity contribution >= 4 is 23.4 Å². The van der Waals surface area contributed by atoms with Gasteiger partial charge in [-0.2, -0.15) is 0 Å². The molecule has 1 aliphatic rings. The van der Waals surface area contributed by atoms with E-state index in [4.69, 9.17) is 9.47 Å². The van der Waals surface area contributed by atoms with Crippen molar-refractivity contribution in [3.63, 3.8) is 0 Å². The molecule has 1 aliphatic heterocycles. The molecule has 2 aromatic rings. The smallest absolute Gasteiger partial charge is 0.231 e. The monoisotopic (exact) mass is 400 g/mol. The van der Waals surface area contributed by atoms with Crippen LogP contribution in [0.4, 0.5) is 5.69 Å². The van der Waals surface area contributed by atoms with Gasteiger partial charge in [0.05, 0.1) is 25.8 Å². The molecule has 3 rings (SSSR count). The lowest BCUT2D eigenvalue weighted by Crippen LogP contribution is -2.40. The van der Waals surface area contributed by atoms with Crippen LogP contribution in [0, 0.1) is 5.92 Å². The first-order valence-corrected chi connectivity index (χ1v) is 10.3. The summed E-state index contributed by atoms with van der Waals surface area (Å²) in [6, 6.07) is 14.0. The molecule has 2 aromatic carbocycles. The highest BCUT2D eigenvalue weighted by molar-refractivity contribution is 7.99. The van der Waals surface area contributed by atoms with Crippen molar-refractivity contribution in [1.82, 2.24) is 4.90 Å². The summed E-state index contributed by atoms with van der Waals surface area (Å²) in [7, 11) is 7.37. The van der Waals surface area contributed by atoms with Crippen molar-refractivity contribution in [2.24, 2.45) is 5.92 Å². The maximum Gasteiger partial charge on any atom is 0.231 e. The molecule has 0 bridgehead atoms. The average Bonchev–Trinajstić information content (AvgIpc) is 2.81. The van der Waals surface area contributed by atoms with Gasteiger partial charge in [0.1, 0.15) is 11.5 Å². The molecule has 0 aromatic heterocycles. The fraction of sp³-hybridized carbons (Fsp3) is 0.409. The first-order valence-electron chi connectivity index (χ1n) is 9.39. The van der Waals surface area contributed by atoms with E-state index in [0.717, 1.165) is 34.2 Å². The number of fused-ring (bicyclic) bond motifs is 1. The van der Waals surface area contributed by atoms with Crippen LogP contribution in [0.3, 0.4) is 0 Å². The molecule has 0 spiro atoms.